The van der Waals surface area contributed by atoms with Gasteiger partial charge in [0.05, 0.1) is 0 Å². The lowest BCUT2D eigenvalue weighted by atomic mass is 10.2. The molecule has 0 aliphatic rings. The maximum absolute atomic E-state index is 5.37. The van der Waals surface area contributed by atoms with Crippen LogP contribution in [0.3, 0.4) is 0 Å². The Morgan fingerprint density at radius 3 is 2.38 bits per heavy atom. The second kappa shape index (κ2) is 4.04. The standard InChI is InChI=1S/C11H16N2/c1-5-11(6-2)12-13-9(3)7-8-10(13)4/h1,7-8,11-12H,6H2,2-4H3. The van der Waals surface area contributed by atoms with Gasteiger partial charge in [-0.05, 0) is 32.4 Å². The van der Waals surface area contributed by atoms with Gasteiger partial charge in [0.25, 0.3) is 0 Å². The summed E-state index contributed by atoms with van der Waals surface area (Å²) in [6.07, 6.45) is 6.31. The maximum Gasteiger partial charge on any atom is 0.102 e. The van der Waals surface area contributed by atoms with Crippen molar-refractivity contribution in [3.05, 3.63) is 23.5 Å². The summed E-state index contributed by atoms with van der Waals surface area (Å²) in [7, 11) is 0. The lowest BCUT2D eigenvalue weighted by Gasteiger charge is -2.17. The normalized spacial score (nSPS) is 12.2. The minimum atomic E-state index is 0.116. The van der Waals surface area contributed by atoms with Crippen LogP contribution in [0.2, 0.25) is 0 Å². The Hall–Kier alpha value is -1.36. The quantitative estimate of drug-likeness (QED) is 0.697. The van der Waals surface area contributed by atoms with Crippen LogP contribution in [0.4, 0.5) is 0 Å². The van der Waals surface area contributed by atoms with E-state index in [-0.39, 0.29) is 6.04 Å². The molecule has 1 heterocycles. The Balaban J connectivity index is 2.79. The molecule has 1 aromatic rings. The molecule has 0 aliphatic carbocycles. The highest BCUT2D eigenvalue weighted by Gasteiger charge is 2.04. The number of terminal acetylenes is 1. The Labute approximate surface area is 79.9 Å². The van der Waals surface area contributed by atoms with E-state index < -0.39 is 0 Å². The summed E-state index contributed by atoms with van der Waals surface area (Å²) in [6, 6.07) is 4.27. The number of aromatic nitrogens is 1. The van der Waals surface area contributed by atoms with Crippen LogP contribution in [0.1, 0.15) is 24.7 Å². The third kappa shape index (κ3) is 2.06. The molecule has 0 amide bonds. The Bertz CT molecular complexity index is 298. The highest BCUT2D eigenvalue weighted by molar-refractivity contribution is 5.18. The summed E-state index contributed by atoms with van der Waals surface area (Å²) < 4.78 is 2.04. The van der Waals surface area contributed by atoms with Crippen molar-refractivity contribution in [1.29, 1.82) is 0 Å². The number of aryl methyl sites for hydroxylation is 2. The third-order valence-corrected chi connectivity index (χ3v) is 2.17. The molecule has 0 fully saturated rings. The van der Waals surface area contributed by atoms with Crippen LogP contribution < -0.4 is 5.43 Å². The van der Waals surface area contributed by atoms with Crippen molar-refractivity contribution in [2.24, 2.45) is 0 Å². The average Bonchev–Trinajstić information content (AvgIpc) is 2.44. The Morgan fingerprint density at radius 1 is 1.46 bits per heavy atom. The van der Waals surface area contributed by atoms with Crippen LogP contribution in [-0.2, 0) is 0 Å². The highest BCUT2D eigenvalue weighted by atomic mass is 15.4. The summed E-state index contributed by atoms with van der Waals surface area (Å²) in [4.78, 5) is 0. The van der Waals surface area contributed by atoms with Gasteiger partial charge in [-0.1, -0.05) is 12.8 Å². The van der Waals surface area contributed by atoms with Gasteiger partial charge in [0.1, 0.15) is 6.04 Å². The number of hydrogen-bond acceptors (Lipinski definition) is 1. The van der Waals surface area contributed by atoms with Crippen LogP contribution in [0, 0.1) is 26.2 Å². The molecule has 0 radical (unpaired) electrons. The number of rotatable bonds is 3. The molecule has 1 N–H and O–H groups in total. The predicted molar refractivity (Wildman–Crippen MR) is 56.2 cm³/mol. The molecule has 70 valence electrons. The van der Waals surface area contributed by atoms with E-state index in [1.165, 1.54) is 11.4 Å². The van der Waals surface area contributed by atoms with Gasteiger partial charge >= 0.3 is 0 Å². The van der Waals surface area contributed by atoms with Crippen LogP contribution in [0.15, 0.2) is 12.1 Å². The van der Waals surface area contributed by atoms with Crippen LogP contribution in [0.25, 0.3) is 0 Å². The van der Waals surface area contributed by atoms with Crippen molar-refractivity contribution >= 4 is 0 Å². The zero-order valence-corrected chi connectivity index (χ0v) is 8.46. The zero-order chi connectivity index (χ0) is 9.84. The van der Waals surface area contributed by atoms with E-state index in [0.717, 1.165) is 6.42 Å². The molecule has 1 aromatic heterocycles. The Kier molecular flexibility index (Phi) is 3.02. The van der Waals surface area contributed by atoms with Gasteiger partial charge in [-0.25, -0.2) is 0 Å². The van der Waals surface area contributed by atoms with Crippen LogP contribution >= 0.6 is 0 Å². The average molecular weight is 176 g/mol. The summed E-state index contributed by atoms with van der Waals surface area (Å²) in [5, 5.41) is 0. The van der Waals surface area contributed by atoms with Crippen LogP contribution in [0.5, 0.6) is 0 Å². The topological polar surface area (TPSA) is 17.0 Å². The fraction of sp³-hybridized carbons (Fsp3) is 0.455. The molecule has 0 saturated heterocycles. The summed E-state index contributed by atoms with van der Waals surface area (Å²) in [5.41, 5.74) is 5.65. The summed E-state index contributed by atoms with van der Waals surface area (Å²) in [6.45, 7) is 6.19. The zero-order valence-electron chi connectivity index (χ0n) is 8.46. The van der Waals surface area contributed by atoms with Crippen molar-refractivity contribution in [3.8, 4) is 12.3 Å². The molecule has 0 spiro atoms. The van der Waals surface area contributed by atoms with Gasteiger partial charge < -0.3 is 5.43 Å². The number of hydrogen-bond donors (Lipinski definition) is 1. The number of nitrogens with zero attached hydrogens (tertiary/aromatic N) is 1. The molecule has 2 nitrogen and oxygen atoms in total. The van der Waals surface area contributed by atoms with Crippen molar-refractivity contribution in [1.82, 2.24) is 4.68 Å². The van der Waals surface area contributed by atoms with Gasteiger partial charge in [-0.2, -0.15) is 0 Å². The smallest absolute Gasteiger partial charge is 0.102 e. The van der Waals surface area contributed by atoms with Crippen LogP contribution in [-0.4, -0.2) is 10.7 Å². The largest absolute Gasteiger partial charge is 0.311 e. The van der Waals surface area contributed by atoms with Gasteiger partial charge in [0, 0.05) is 11.4 Å². The predicted octanol–water partition coefficient (Wildman–Crippen LogP) is 2.06. The van der Waals surface area contributed by atoms with Gasteiger partial charge in [-0.3, -0.25) is 4.68 Å². The third-order valence-electron chi connectivity index (χ3n) is 2.17. The first-order valence-electron chi connectivity index (χ1n) is 4.56. The van der Waals surface area contributed by atoms with Gasteiger partial charge in [0.15, 0.2) is 0 Å². The van der Waals surface area contributed by atoms with E-state index in [1.807, 2.05) is 4.68 Å². The van der Waals surface area contributed by atoms with E-state index >= 15 is 0 Å². The second-order valence-corrected chi connectivity index (χ2v) is 3.21. The van der Waals surface area contributed by atoms with E-state index in [0.29, 0.717) is 0 Å². The van der Waals surface area contributed by atoms with Crippen molar-refractivity contribution < 1.29 is 0 Å². The minimum Gasteiger partial charge on any atom is -0.311 e. The molecule has 0 aromatic carbocycles. The molecular weight excluding hydrogens is 160 g/mol. The monoisotopic (exact) mass is 176 g/mol. The molecule has 1 rings (SSSR count). The van der Waals surface area contributed by atoms with Crippen molar-refractivity contribution in [2.45, 2.75) is 33.2 Å². The molecule has 1 atom stereocenters. The number of nitrogens with one attached hydrogen (secondary N) is 1. The van der Waals surface area contributed by atoms with E-state index in [1.54, 1.807) is 0 Å². The molecule has 2 heteroatoms. The first-order chi connectivity index (χ1) is 6.19. The fourth-order valence-electron chi connectivity index (χ4n) is 1.27. The van der Waals surface area contributed by atoms with E-state index in [9.17, 15) is 0 Å². The fourth-order valence-corrected chi connectivity index (χ4v) is 1.27. The second-order valence-electron chi connectivity index (χ2n) is 3.21. The minimum absolute atomic E-state index is 0.116. The van der Waals surface area contributed by atoms with Crippen molar-refractivity contribution in [3.63, 3.8) is 0 Å². The van der Waals surface area contributed by atoms with E-state index in [4.69, 9.17) is 6.42 Å². The lowest BCUT2D eigenvalue weighted by Crippen LogP contribution is -2.27. The highest BCUT2D eigenvalue weighted by Crippen LogP contribution is 2.05. The summed E-state index contributed by atoms with van der Waals surface area (Å²) >= 11 is 0. The molecule has 0 aliphatic heterocycles. The van der Waals surface area contributed by atoms with Gasteiger partial charge in [0.2, 0.25) is 0 Å². The molecule has 0 bridgehead atoms. The lowest BCUT2D eigenvalue weighted by molar-refractivity contribution is 0.705. The van der Waals surface area contributed by atoms with E-state index in [2.05, 4.69) is 44.3 Å². The SMILES string of the molecule is C#CC(CC)Nn1c(C)ccc1C. The van der Waals surface area contributed by atoms with Crippen molar-refractivity contribution in [2.75, 3.05) is 5.43 Å². The molecule has 0 saturated carbocycles. The maximum atomic E-state index is 5.37. The molecular formula is C11H16N2. The van der Waals surface area contributed by atoms with Gasteiger partial charge in [-0.15, -0.1) is 6.42 Å². The molecule has 1 unspecified atom stereocenters. The Morgan fingerprint density at radius 2 is 2.00 bits per heavy atom. The first kappa shape index (κ1) is 9.73. The first-order valence-corrected chi connectivity index (χ1v) is 4.56. The summed E-state index contributed by atoms with van der Waals surface area (Å²) in [5.74, 6) is 2.71. The molecule has 13 heavy (non-hydrogen) atoms.